The Morgan fingerprint density at radius 3 is 2.65 bits per heavy atom. The number of non-ortho nitro benzene ring substituents is 1. The van der Waals surface area contributed by atoms with Crippen molar-refractivity contribution >= 4 is 5.69 Å². The molecule has 5 nitrogen and oxygen atoms in total. The summed E-state index contributed by atoms with van der Waals surface area (Å²) in [4.78, 5) is 10.3. The number of hydrogen-bond donors (Lipinski definition) is 2. The molecule has 2 N–H and O–H groups in total. The van der Waals surface area contributed by atoms with Gasteiger partial charge in [-0.15, -0.1) is 0 Å². The predicted octanol–water partition coefficient (Wildman–Crippen LogP) is 3.43. The maximum absolute atomic E-state index is 13.6. The van der Waals surface area contributed by atoms with Crippen LogP contribution in [0.15, 0.2) is 42.5 Å². The molecule has 2 aromatic rings. The molecule has 0 bridgehead atoms. The second kappa shape index (κ2) is 7.30. The molecule has 2 unspecified atom stereocenters. The smallest absolute Gasteiger partial charge is 0.269 e. The molecule has 0 amide bonds. The third-order valence-electron chi connectivity index (χ3n) is 3.78. The number of hydrogen-bond acceptors (Lipinski definition) is 4. The zero-order chi connectivity index (χ0) is 17.0. The highest BCUT2D eigenvalue weighted by Crippen LogP contribution is 2.21. The van der Waals surface area contributed by atoms with E-state index in [4.69, 9.17) is 0 Å². The lowest BCUT2D eigenvalue weighted by Crippen LogP contribution is -2.24. The van der Waals surface area contributed by atoms with Crippen LogP contribution in [0.1, 0.15) is 35.8 Å². The number of rotatable bonds is 6. The summed E-state index contributed by atoms with van der Waals surface area (Å²) in [6.45, 7) is 3.77. The zero-order valence-electron chi connectivity index (χ0n) is 13.0. The quantitative estimate of drug-likeness (QED) is 0.632. The lowest BCUT2D eigenvalue weighted by molar-refractivity contribution is -0.385. The van der Waals surface area contributed by atoms with E-state index >= 15 is 0 Å². The van der Waals surface area contributed by atoms with Gasteiger partial charge < -0.3 is 10.4 Å². The van der Waals surface area contributed by atoms with E-state index in [1.807, 2.05) is 13.0 Å². The Bertz CT molecular complexity index is 706. The fraction of sp³-hybridized carbons (Fsp3) is 0.294. The van der Waals surface area contributed by atoms with Crippen molar-refractivity contribution < 1.29 is 14.4 Å². The molecule has 0 spiro atoms. The summed E-state index contributed by atoms with van der Waals surface area (Å²) in [5.74, 6) is -0.268. The van der Waals surface area contributed by atoms with Gasteiger partial charge in [0.1, 0.15) is 5.82 Å². The van der Waals surface area contributed by atoms with E-state index in [1.165, 1.54) is 24.3 Å². The van der Waals surface area contributed by atoms with Crippen molar-refractivity contribution in [2.24, 2.45) is 0 Å². The minimum Gasteiger partial charge on any atom is -0.387 e. The molecule has 23 heavy (non-hydrogen) atoms. The number of nitrogens with zero attached hydrogens (tertiary/aromatic N) is 1. The van der Waals surface area contributed by atoms with Gasteiger partial charge in [-0.1, -0.05) is 24.3 Å². The van der Waals surface area contributed by atoms with Gasteiger partial charge in [-0.05, 0) is 36.6 Å². The number of aryl methyl sites for hydroxylation is 1. The van der Waals surface area contributed by atoms with Crippen LogP contribution in [0.2, 0.25) is 0 Å². The number of nitrogens with one attached hydrogen (secondary N) is 1. The molecule has 6 heteroatoms. The Labute approximate surface area is 133 Å². The summed E-state index contributed by atoms with van der Waals surface area (Å²) in [6, 6.07) is 10.7. The molecule has 0 fully saturated rings. The van der Waals surface area contributed by atoms with Crippen molar-refractivity contribution in [3.63, 3.8) is 0 Å². The summed E-state index contributed by atoms with van der Waals surface area (Å²) in [5.41, 5.74) is 1.76. The van der Waals surface area contributed by atoms with E-state index in [0.717, 1.165) is 5.56 Å². The molecule has 0 heterocycles. The van der Waals surface area contributed by atoms with Crippen molar-refractivity contribution in [2.75, 3.05) is 6.54 Å². The van der Waals surface area contributed by atoms with Gasteiger partial charge in [0.15, 0.2) is 0 Å². The minimum atomic E-state index is -0.882. The highest BCUT2D eigenvalue weighted by atomic mass is 19.1. The topological polar surface area (TPSA) is 75.4 Å². The van der Waals surface area contributed by atoms with Gasteiger partial charge >= 0.3 is 0 Å². The van der Waals surface area contributed by atoms with Crippen molar-refractivity contribution in [1.29, 1.82) is 0 Å². The van der Waals surface area contributed by atoms with Gasteiger partial charge in [-0.2, -0.15) is 0 Å². The van der Waals surface area contributed by atoms with Gasteiger partial charge in [0.25, 0.3) is 5.69 Å². The van der Waals surface area contributed by atoms with Crippen molar-refractivity contribution in [3.05, 3.63) is 75.1 Å². The molecule has 0 radical (unpaired) electrons. The Hall–Kier alpha value is -2.31. The monoisotopic (exact) mass is 318 g/mol. The van der Waals surface area contributed by atoms with E-state index in [-0.39, 0.29) is 24.1 Å². The van der Waals surface area contributed by atoms with Crippen LogP contribution in [0.25, 0.3) is 0 Å². The summed E-state index contributed by atoms with van der Waals surface area (Å²) in [6.07, 6.45) is -0.882. The van der Waals surface area contributed by atoms with Gasteiger partial charge in [-0.25, -0.2) is 4.39 Å². The Morgan fingerprint density at radius 2 is 2.00 bits per heavy atom. The number of aliphatic hydroxyl groups excluding tert-OH is 1. The maximum atomic E-state index is 13.6. The Morgan fingerprint density at radius 1 is 1.26 bits per heavy atom. The molecule has 0 aliphatic carbocycles. The van der Waals surface area contributed by atoms with Crippen LogP contribution in [0.4, 0.5) is 10.1 Å². The number of aliphatic hydroxyl groups is 1. The molecule has 2 rings (SSSR count). The summed E-state index contributed by atoms with van der Waals surface area (Å²) in [5, 5.41) is 24.0. The van der Waals surface area contributed by atoms with Gasteiger partial charge in [-0.3, -0.25) is 10.1 Å². The van der Waals surface area contributed by atoms with E-state index in [0.29, 0.717) is 11.1 Å². The molecule has 2 atom stereocenters. The molecule has 0 aliphatic rings. The predicted molar refractivity (Wildman–Crippen MR) is 85.6 cm³/mol. The molecule has 122 valence electrons. The second-order valence-corrected chi connectivity index (χ2v) is 5.51. The first-order valence-electron chi connectivity index (χ1n) is 7.30. The van der Waals surface area contributed by atoms with Crippen LogP contribution in [-0.4, -0.2) is 16.6 Å². The van der Waals surface area contributed by atoms with Gasteiger partial charge in [0.05, 0.1) is 11.0 Å². The van der Waals surface area contributed by atoms with Crippen LogP contribution >= 0.6 is 0 Å². The van der Waals surface area contributed by atoms with Crippen LogP contribution in [0, 0.1) is 22.9 Å². The summed E-state index contributed by atoms with van der Waals surface area (Å²) >= 11 is 0. The average Bonchev–Trinajstić information content (AvgIpc) is 2.54. The second-order valence-electron chi connectivity index (χ2n) is 5.51. The molecule has 0 saturated carbocycles. The minimum absolute atomic E-state index is 0.0600. The van der Waals surface area contributed by atoms with Crippen molar-refractivity contribution in [2.45, 2.75) is 26.0 Å². The van der Waals surface area contributed by atoms with E-state index < -0.39 is 11.0 Å². The van der Waals surface area contributed by atoms with Gasteiger partial charge in [0, 0.05) is 24.7 Å². The molecule has 2 aromatic carbocycles. The number of nitro benzene ring substituents is 1. The zero-order valence-corrected chi connectivity index (χ0v) is 13.0. The third-order valence-corrected chi connectivity index (χ3v) is 3.78. The van der Waals surface area contributed by atoms with Crippen molar-refractivity contribution in [3.8, 4) is 0 Å². The third kappa shape index (κ3) is 4.34. The fourth-order valence-corrected chi connectivity index (χ4v) is 2.25. The van der Waals surface area contributed by atoms with Crippen LogP contribution in [-0.2, 0) is 0 Å². The van der Waals surface area contributed by atoms with Crippen molar-refractivity contribution in [1.82, 2.24) is 5.32 Å². The Kier molecular flexibility index (Phi) is 5.41. The molecular formula is C17H19FN2O3. The lowest BCUT2D eigenvalue weighted by atomic mass is 10.0. The largest absolute Gasteiger partial charge is 0.387 e. The van der Waals surface area contributed by atoms with E-state index in [2.05, 4.69) is 5.32 Å². The normalized spacial score (nSPS) is 13.6. The molecule has 0 saturated heterocycles. The van der Waals surface area contributed by atoms with Crippen LogP contribution in [0.5, 0.6) is 0 Å². The number of nitro groups is 1. The standard InChI is InChI=1S/C17H19FN2O3/c1-11-6-7-13(9-16(11)18)12(2)19-10-17(21)14-4-3-5-15(8-14)20(22)23/h3-9,12,17,19,21H,10H2,1-2H3. The molecular weight excluding hydrogens is 299 g/mol. The summed E-state index contributed by atoms with van der Waals surface area (Å²) < 4.78 is 13.6. The lowest BCUT2D eigenvalue weighted by Gasteiger charge is -2.18. The van der Waals surface area contributed by atoms with E-state index in [9.17, 15) is 19.6 Å². The first kappa shape index (κ1) is 17.1. The highest BCUT2D eigenvalue weighted by molar-refractivity contribution is 5.35. The van der Waals surface area contributed by atoms with E-state index in [1.54, 1.807) is 19.1 Å². The summed E-state index contributed by atoms with van der Waals surface area (Å²) in [7, 11) is 0. The average molecular weight is 318 g/mol. The maximum Gasteiger partial charge on any atom is 0.269 e. The Balaban J connectivity index is 2.00. The van der Waals surface area contributed by atoms with Gasteiger partial charge in [0.2, 0.25) is 0 Å². The number of benzene rings is 2. The van der Waals surface area contributed by atoms with Crippen LogP contribution in [0.3, 0.4) is 0 Å². The fourth-order valence-electron chi connectivity index (χ4n) is 2.25. The van der Waals surface area contributed by atoms with Crippen LogP contribution < -0.4 is 5.32 Å². The SMILES string of the molecule is Cc1ccc(C(C)NCC(O)c2cccc([N+](=O)[O-])c2)cc1F. The first-order valence-corrected chi connectivity index (χ1v) is 7.30. The highest BCUT2D eigenvalue weighted by Gasteiger charge is 2.14. The molecule has 0 aliphatic heterocycles. The number of halogens is 1. The molecule has 0 aromatic heterocycles. The first-order chi connectivity index (χ1) is 10.9.